The van der Waals surface area contributed by atoms with Gasteiger partial charge in [0, 0.05) is 38.4 Å². The summed E-state index contributed by atoms with van der Waals surface area (Å²) in [5, 5.41) is 3.40. The Bertz CT molecular complexity index is 883. The minimum absolute atomic E-state index is 0. The van der Waals surface area contributed by atoms with Gasteiger partial charge < -0.3 is 30.3 Å². The number of nitrogens with one attached hydrogen (secondary N) is 1. The van der Waals surface area contributed by atoms with Crippen LogP contribution in [0.1, 0.15) is 12.5 Å². The molecule has 0 spiro atoms. The maximum absolute atomic E-state index is 10.9. The highest BCUT2D eigenvalue weighted by Gasteiger charge is 2.20. The van der Waals surface area contributed by atoms with Gasteiger partial charge in [-0.15, -0.1) is 24.0 Å². The summed E-state index contributed by atoms with van der Waals surface area (Å²) in [6, 6.07) is 15.8. The highest BCUT2D eigenvalue weighted by atomic mass is 127. The van der Waals surface area contributed by atoms with Gasteiger partial charge in [-0.3, -0.25) is 4.79 Å². The lowest BCUT2D eigenvalue weighted by Gasteiger charge is -2.37. The van der Waals surface area contributed by atoms with Crippen LogP contribution in [0.2, 0.25) is 0 Å². The number of rotatable bonds is 8. The van der Waals surface area contributed by atoms with E-state index in [0.29, 0.717) is 12.3 Å². The van der Waals surface area contributed by atoms with Gasteiger partial charge in [-0.1, -0.05) is 12.1 Å². The van der Waals surface area contributed by atoms with E-state index < -0.39 is 5.91 Å². The fourth-order valence-corrected chi connectivity index (χ4v) is 3.45. The van der Waals surface area contributed by atoms with Gasteiger partial charge in [0.05, 0.1) is 13.7 Å². The molecule has 0 unspecified atom stereocenters. The maximum Gasteiger partial charge on any atom is 0.255 e. The molecule has 2 aromatic rings. The van der Waals surface area contributed by atoms with Crippen LogP contribution in [0.4, 0.5) is 5.69 Å². The Morgan fingerprint density at radius 2 is 1.81 bits per heavy atom. The number of guanidine groups is 1. The molecule has 1 aliphatic rings. The Hall–Kier alpha value is -2.69. The molecule has 32 heavy (non-hydrogen) atoms. The van der Waals surface area contributed by atoms with E-state index in [9.17, 15) is 4.79 Å². The molecule has 3 rings (SSSR count). The molecule has 0 bridgehead atoms. The molecule has 0 radical (unpaired) electrons. The van der Waals surface area contributed by atoms with Crippen molar-refractivity contribution in [2.45, 2.75) is 13.5 Å². The van der Waals surface area contributed by atoms with Crippen LogP contribution in [0.15, 0.2) is 53.5 Å². The van der Waals surface area contributed by atoms with Crippen molar-refractivity contribution in [2.75, 3.05) is 51.3 Å². The number of carbonyl (C=O) groups excluding carboxylic acids is 1. The summed E-state index contributed by atoms with van der Waals surface area (Å²) in [5.74, 6) is 1.89. The fourth-order valence-electron chi connectivity index (χ4n) is 3.45. The van der Waals surface area contributed by atoms with E-state index >= 15 is 0 Å². The molecule has 0 aliphatic carbocycles. The first kappa shape index (κ1) is 25.6. The molecule has 1 heterocycles. The Morgan fingerprint density at radius 1 is 1.09 bits per heavy atom. The van der Waals surface area contributed by atoms with Crippen LogP contribution < -0.4 is 25.4 Å². The van der Waals surface area contributed by atoms with Crippen LogP contribution in [0, 0.1) is 0 Å². The summed E-state index contributed by atoms with van der Waals surface area (Å²) < 4.78 is 10.6. The monoisotopic (exact) mass is 553 g/mol. The highest BCUT2D eigenvalue weighted by Crippen LogP contribution is 2.20. The molecule has 3 N–H and O–H groups in total. The van der Waals surface area contributed by atoms with E-state index in [4.69, 9.17) is 20.2 Å². The number of anilines is 1. The molecule has 1 aliphatic heterocycles. The molecule has 8 nitrogen and oxygen atoms in total. The number of hydrogen-bond donors (Lipinski definition) is 2. The van der Waals surface area contributed by atoms with Crippen molar-refractivity contribution in [2.24, 2.45) is 10.7 Å². The van der Waals surface area contributed by atoms with Gasteiger partial charge in [0.1, 0.15) is 11.5 Å². The minimum atomic E-state index is -0.494. The van der Waals surface area contributed by atoms with Gasteiger partial charge in [-0.05, 0) is 48.9 Å². The molecule has 9 heteroatoms. The summed E-state index contributed by atoms with van der Waals surface area (Å²) in [4.78, 5) is 20.4. The second kappa shape index (κ2) is 13.0. The predicted octanol–water partition coefficient (Wildman–Crippen LogP) is 2.47. The maximum atomic E-state index is 10.9. The molecular weight excluding hydrogens is 521 g/mol. The zero-order valence-electron chi connectivity index (χ0n) is 18.6. The second-order valence-electron chi connectivity index (χ2n) is 7.24. The van der Waals surface area contributed by atoms with E-state index in [1.54, 1.807) is 13.2 Å². The topological polar surface area (TPSA) is 92.4 Å². The molecule has 1 amide bonds. The molecule has 1 fully saturated rings. The molecule has 0 atom stereocenters. The van der Waals surface area contributed by atoms with Crippen LogP contribution in [-0.4, -0.2) is 63.2 Å². The lowest BCUT2D eigenvalue weighted by Crippen LogP contribution is -2.52. The fraction of sp³-hybridized carbons (Fsp3) is 0.391. The number of methoxy groups -OCH3 is 1. The Labute approximate surface area is 206 Å². The zero-order chi connectivity index (χ0) is 22.1. The number of benzene rings is 2. The predicted molar refractivity (Wildman–Crippen MR) is 138 cm³/mol. The summed E-state index contributed by atoms with van der Waals surface area (Å²) >= 11 is 0. The van der Waals surface area contributed by atoms with E-state index in [-0.39, 0.29) is 30.6 Å². The number of nitrogens with zero attached hydrogens (tertiary/aromatic N) is 3. The Balaban J connectivity index is 0.00000363. The van der Waals surface area contributed by atoms with E-state index in [2.05, 4.69) is 34.2 Å². The number of piperazine rings is 1. The van der Waals surface area contributed by atoms with Gasteiger partial charge >= 0.3 is 0 Å². The average molecular weight is 553 g/mol. The molecule has 2 aromatic carbocycles. The first-order valence-electron chi connectivity index (χ1n) is 10.5. The van der Waals surface area contributed by atoms with Crippen molar-refractivity contribution in [3.05, 3.63) is 54.1 Å². The molecule has 1 saturated heterocycles. The Kier molecular flexibility index (Phi) is 10.4. The average Bonchev–Trinajstić information content (AvgIpc) is 2.81. The van der Waals surface area contributed by atoms with Crippen molar-refractivity contribution in [3.8, 4) is 11.5 Å². The largest absolute Gasteiger partial charge is 0.497 e. The van der Waals surface area contributed by atoms with Crippen molar-refractivity contribution in [3.63, 3.8) is 0 Å². The number of nitrogens with two attached hydrogens (primary N) is 1. The van der Waals surface area contributed by atoms with Gasteiger partial charge in [0.2, 0.25) is 0 Å². The van der Waals surface area contributed by atoms with Crippen LogP contribution in [-0.2, 0) is 11.3 Å². The number of ether oxygens (including phenoxy) is 2. The number of amides is 1. The molecule has 174 valence electrons. The quantitative estimate of drug-likeness (QED) is 0.297. The van der Waals surface area contributed by atoms with Crippen LogP contribution >= 0.6 is 24.0 Å². The smallest absolute Gasteiger partial charge is 0.255 e. The minimum Gasteiger partial charge on any atom is -0.497 e. The van der Waals surface area contributed by atoms with Crippen molar-refractivity contribution in [1.29, 1.82) is 0 Å². The van der Waals surface area contributed by atoms with Crippen LogP contribution in [0.3, 0.4) is 0 Å². The van der Waals surface area contributed by atoms with E-state index in [1.165, 1.54) is 5.69 Å². The third-order valence-electron chi connectivity index (χ3n) is 5.04. The van der Waals surface area contributed by atoms with Gasteiger partial charge in [-0.2, -0.15) is 0 Å². The van der Waals surface area contributed by atoms with Gasteiger partial charge in [-0.25, -0.2) is 4.99 Å². The number of aliphatic imine (C=N–C) groups is 1. The number of hydrogen-bond acceptors (Lipinski definition) is 5. The summed E-state index contributed by atoms with van der Waals surface area (Å²) in [6.07, 6.45) is 0. The highest BCUT2D eigenvalue weighted by molar-refractivity contribution is 14.0. The molecule has 0 aromatic heterocycles. The van der Waals surface area contributed by atoms with E-state index in [1.807, 2.05) is 30.3 Å². The first-order valence-corrected chi connectivity index (χ1v) is 10.5. The SMILES string of the molecule is CCNC(=NCc1cccc(OCC(N)=O)c1)N1CCN(c2ccc(OC)cc2)CC1.I. The molecular formula is C23H32IN5O3. The summed E-state index contributed by atoms with van der Waals surface area (Å²) in [6.45, 7) is 6.89. The second-order valence-corrected chi connectivity index (χ2v) is 7.24. The van der Waals surface area contributed by atoms with Gasteiger partial charge in [0.15, 0.2) is 12.6 Å². The zero-order valence-corrected chi connectivity index (χ0v) is 21.0. The van der Waals surface area contributed by atoms with Gasteiger partial charge in [0.25, 0.3) is 5.91 Å². The van der Waals surface area contributed by atoms with Crippen molar-refractivity contribution >= 4 is 41.5 Å². The summed E-state index contributed by atoms with van der Waals surface area (Å²) in [5.41, 5.74) is 7.36. The molecule has 0 saturated carbocycles. The normalized spacial score (nSPS) is 13.9. The first-order chi connectivity index (χ1) is 15.1. The third kappa shape index (κ3) is 7.47. The Morgan fingerprint density at radius 3 is 2.44 bits per heavy atom. The summed E-state index contributed by atoms with van der Waals surface area (Å²) in [7, 11) is 1.68. The standard InChI is InChI=1S/C23H31N5O3.HI/c1-3-25-23(26-16-18-5-4-6-21(15-18)31-17-22(24)29)28-13-11-27(12-14-28)19-7-9-20(30-2)10-8-19;/h4-10,15H,3,11-14,16-17H2,1-2H3,(H2,24,29)(H,25,26);1H. The van der Waals surface area contributed by atoms with Crippen LogP contribution in [0.5, 0.6) is 11.5 Å². The third-order valence-corrected chi connectivity index (χ3v) is 5.04. The van der Waals surface area contributed by atoms with Crippen molar-refractivity contribution in [1.82, 2.24) is 10.2 Å². The number of primary amides is 1. The number of halogens is 1. The van der Waals surface area contributed by atoms with E-state index in [0.717, 1.165) is 50.0 Å². The lowest BCUT2D eigenvalue weighted by atomic mass is 10.2. The lowest BCUT2D eigenvalue weighted by molar-refractivity contribution is -0.119. The van der Waals surface area contributed by atoms with Crippen molar-refractivity contribution < 1.29 is 14.3 Å². The van der Waals surface area contributed by atoms with Crippen LogP contribution in [0.25, 0.3) is 0 Å². The number of carbonyl (C=O) groups is 1.